The first-order valence-electron chi connectivity index (χ1n) is 18.3. The van der Waals surface area contributed by atoms with E-state index in [1.807, 2.05) is 30.5 Å². The summed E-state index contributed by atoms with van der Waals surface area (Å²) in [4.78, 5) is 10.1. The third-order valence-electron chi connectivity index (χ3n) is 11.4. The molecule has 0 aliphatic carbocycles. The van der Waals surface area contributed by atoms with E-state index in [1.165, 1.54) is 60.4 Å². The van der Waals surface area contributed by atoms with Crippen molar-refractivity contribution < 1.29 is 0 Å². The van der Waals surface area contributed by atoms with Gasteiger partial charge in [0, 0.05) is 55.5 Å². The lowest BCUT2D eigenvalue weighted by molar-refractivity contribution is 0.630. The highest BCUT2D eigenvalue weighted by molar-refractivity contribution is 6.29. The molecule has 7 aromatic carbocycles. The highest BCUT2D eigenvalue weighted by Crippen LogP contribution is 2.50. The summed E-state index contributed by atoms with van der Waals surface area (Å²) in [5, 5.41) is 5.12. The average molecular weight is 679 g/mol. The van der Waals surface area contributed by atoms with E-state index in [0.717, 1.165) is 33.6 Å². The first kappa shape index (κ1) is 29.9. The number of rotatable bonds is 4. The summed E-state index contributed by atoms with van der Waals surface area (Å²) >= 11 is 0. The Kier molecular flexibility index (Phi) is 6.27. The number of hydrogen-bond acceptors (Lipinski definition) is 2. The summed E-state index contributed by atoms with van der Waals surface area (Å²) in [5.74, 6) is 0.716. The Hall–Kier alpha value is -6.78. The van der Waals surface area contributed by atoms with E-state index in [9.17, 15) is 0 Å². The average Bonchev–Trinajstić information content (AvgIpc) is 3.74. The molecule has 4 heterocycles. The van der Waals surface area contributed by atoms with Gasteiger partial charge < -0.3 is 9.13 Å². The lowest BCUT2D eigenvalue weighted by Gasteiger charge is -2.34. The van der Waals surface area contributed by atoms with Crippen LogP contribution in [-0.4, -0.2) is 19.1 Å². The van der Waals surface area contributed by atoms with E-state index in [0.29, 0.717) is 5.82 Å². The summed E-state index contributed by atoms with van der Waals surface area (Å²) < 4.78 is 4.94. The van der Waals surface area contributed by atoms with Crippen molar-refractivity contribution >= 4 is 43.6 Å². The van der Waals surface area contributed by atoms with Crippen molar-refractivity contribution in [3.63, 3.8) is 0 Å². The molecule has 0 fully saturated rings. The first-order valence-corrected chi connectivity index (χ1v) is 18.3. The zero-order valence-corrected chi connectivity index (χ0v) is 29.5. The molecular formula is C49H34N4. The Morgan fingerprint density at radius 1 is 0.491 bits per heavy atom. The third-order valence-corrected chi connectivity index (χ3v) is 11.4. The SMILES string of the molecule is CC1(C)c2ccccc2-n2c3ccc4c(c5ccccc5n4-c4cccc(-c5cnc(-c6ccccc6)nc5-c5ccccc5)c4)c3c3cccc1c32. The van der Waals surface area contributed by atoms with Crippen molar-refractivity contribution in [2.45, 2.75) is 19.3 Å². The molecule has 1 aliphatic heterocycles. The molecule has 4 nitrogen and oxygen atoms in total. The Balaban J connectivity index is 1.17. The van der Waals surface area contributed by atoms with Crippen molar-refractivity contribution in [1.29, 1.82) is 0 Å². The van der Waals surface area contributed by atoms with E-state index < -0.39 is 0 Å². The van der Waals surface area contributed by atoms with E-state index in [1.54, 1.807) is 0 Å². The van der Waals surface area contributed by atoms with Gasteiger partial charge in [0.1, 0.15) is 0 Å². The second-order valence-corrected chi connectivity index (χ2v) is 14.6. The maximum atomic E-state index is 5.17. The van der Waals surface area contributed by atoms with Gasteiger partial charge in [0.25, 0.3) is 0 Å². The fourth-order valence-electron chi connectivity index (χ4n) is 8.94. The number of benzene rings is 7. The Bertz CT molecular complexity index is 3080. The van der Waals surface area contributed by atoms with Gasteiger partial charge in [0.15, 0.2) is 5.82 Å². The van der Waals surface area contributed by atoms with Gasteiger partial charge >= 0.3 is 0 Å². The molecule has 0 saturated heterocycles. The molecule has 250 valence electrons. The Morgan fingerprint density at radius 3 is 1.94 bits per heavy atom. The van der Waals surface area contributed by atoms with E-state index in [-0.39, 0.29) is 5.41 Å². The molecule has 0 radical (unpaired) electrons. The fourth-order valence-corrected chi connectivity index (χ4v) is 8.94. The summed E-state index contributed by atoms with van der Waals surface area (Å²) in [6, 6.07) is 58.8. The quantitative estimate of drug-likeness (QED) is 0.186. The van der Waals surface area contributed by atoms with E-state index in [2.05, 4.69) is 163 Å². The van der Waals surface area contributed by atoms with Crippen LogP contribution in [-0.2, 0) is 5.41 Å². The van der Waals surface area contributed by atoms with Crippen molar-refractivity contribution in [3.8, 4) is 45.1 Å². The Labute approximate surface area is 307 Å². The topological polar surface area (TPSA) is 35.6 Å². The standard InChI is InChI=1S/C49H34N4/c1-49(2)38-23-10-12-26-41(38)53-43-28-27-42-44(45(43)36-22-14-24-39(49)47(36)53)35-21-9-11-25-40(35)52(42)34-20-13-19-33(29-34)37-30-50-48(32-17-7-4-8-18-32)51-46(37)31-15-5-3-6-16-31/h3-30H,1-2H3. The van der Waals surface area contributed by atoms with Crippen LogP contribution in [0.5, 0.6) is 0 Å². The van der Waals surface area contributed by atoms with E-state index in [4.69, 9.17) is 9.97 Å². The molecule has 0 spiro atoms. The van der Waals surface area contributed by atoms with Crippen LogP contribution < -0.4 is 0 Å². The van der Waals surface area contributed by atoms with Crippen molar-refractivity contribution in [1.82, 2.24) is 19.1 Å². The van der Waals surface area contributed by atoms with Crippen molar-refractivity contribution in [2.24, 2.45) is 0 Å². The predicted molar refractivity (Wildman–Crippen MR) is 219 cm³/mol. The van der Waals surface area contributed by atoms with Crippen LogP contribution in [0.4, 0.5) is 0 Å². The maximum Gasteiger partial charge on any atom is 0.159 e. The summed E-state index contributed by atoms with van der Waals surface area (Å²) in [5.41, 5.74) is 14.9. The largest absolute Gasteiger partial charge is 0.309 e. The highest BCUT2D eigenvalue weighted by Gasteiger charge is 2.35. The highest BCUT2D eigenvalue weighted by atomic mass is 15.0. The van der Waals surface area contributed by atoms with Gasteiger partial charge in [-0.2, -0.15) is 0 Å². The van der Waals surface area contributed by atoms with Gasteiger partial charge in [-0.05, 0) is 53.1 Å². The van der Waals surface area contributed by atoms with Crippen molar-refractivity contribution in [2.75, 3.05) is 0 Å². The van der Waals surface area contributed by atoms with Crippen LogP contribution in [0.15, 0.2) is 170 Å². The van der Waals surface area contributed by atoms with Gasteiger partial charge in [-0.15, -0.1) is 0 Å². The molecule has 1 aliphatic rings. The summed E-state index contributed by atoms with van der Waals surface area (Å²) in [6.45, 7) is 4.72. The summed E-state index contributed by atoms with van der Waals surface area (Å²) in [7, 11) is 0. The molecule has 3 aromatic heterocycles. The lowest BCUT2D eigenvalue weighted by atomic mass is 9.75. The number of para-hydroxylation sites is 3. The van der Waals surface area contributed by atoms with Gasteiger partial charge in [0.2, 0.25) is 0 Å². The molecule has 0 bridgehead atoms. The van der Waals surface area contributed by atoms with Crippen LogP contribution >= 0.6 is 0 Å². The minimum Gasteiger partial charge on any atom is -0.309 e. The van der Waals surface area contributed by atoms with Crippen molar-refractivity contribution in [3.05, 3.63) is 181 Å². The number of aromatic nitrogens is 4. The lowest BCUT2D eigenvalue weighted by Crippen LogP contribution is -2.26. The van der Waals surface area contributed by atoms with Crippen LogP contribution in [0.25, 0.3) is 88.8 Å². The molecule has 4 heteroatoms. The summed E-state index contributed by atoms with van der Waals surface area (Å²) in [6.07, 6.45) is 1.99. The zero-order valence-electron chi connectivity index (χ0n) is 29.5. The number of fused-ring (bicyclic) bond motifs is 9. The van der Waals surface area contributed by atoms with Crippen LogP contribution in [0, 0.1) is 0 Å². The van der Waals surface area contributed by atoms with Gasteiger partial charge in [-0.3, -0.25) is 0 Å². The minimum absolute atomic E-state index is 0.115. The molecule has 0 amide bonds. The maximum absolute atomic E-state index is 5.17. The van der Waals surface area contributed by atoms with Crippen LogP contribution in [0.1, 0.15) is 25.0 Å². The predicted octanol–water partition coefficient (Wildman–Crippen LogP) is 12.3. The van der Waals surface area contributed by atoms with E-state index >= 15 is 0 Å². The van der Waals surface area contributed by atoms with Gasteiger partial charge in [-0.25, -0.2) is 9.97 Å². The van der Waals surface area contributed by atoms with Gasteiger partial charge in [-0.1, -0.05) is 141 Å². The first-order chi connectivity index (χ1) is 26.1. The zero-order chi connectivity index (χ0) is 35.3. The van der Waals surface area contributed by atoms with Crippen LogP contribution in [0.3, 0.4) is 0 Å². The second kappa shape index (κ2) is 11.1. The molecule has 0 atom stereocenters. The number of nitrogens with zero attached hydrogens (tertiary/aromatic N) is 4. The minimum atomic E-state index is -0.115. The molecule has 0 N–H and O–H groups in total. The fraction of sp³-hybridized carbons (Fsp3) is 0.0612. The monoisotopic (exact) mass is 678 g/mol. The Morgan fingerprint density at radius 2 is 1.11 bits per heavy atom. The van der Waals surface area contributed by atoms with Gasteiger partial charge in [0.05, 0.1) is 33.4 Å². The molecular weight excluding hydrogens is 645 g/mol. The molecule has 53 heavy (non-hydrogen) atoms. The molecule has 11 rings (SSSR count). The third kappa shape index (κ3) is 4.24. The second-order valence-electron chi connectivity index (χ2n) is 14.6. The van der Waals surface area contributed by atoms with Crippen LogP contribution in [0.2, 0.25) is 0 Å². The molecule has 0 saturated carbocycles. The molecule has 10 aromatic rings. The molecule has 0 unspecified atom stereocenters. The number of hydrogen-bond donors (Lipinski definition) is 0. The smallest absolute Gasteiger partial charge is 0.159 e. The normalized spacial score (nSPS) is 13.2.